The second-order valence-corrected chi connectivity index (χ2v) is 3.77. The molecule has 0 bridgehead atoms. The van der Waals surface area contributed by atoms with Crippen LogP contribution in [0.5, 0.6) is 0 Å². The first-order valence-corrected chi connectivity index (χ1v) is 4.71. The molecule has 0 aromatic carbocycles. The summed E-state index contributed by atoms with van der Waals surface area (Å²) in [6, 6.07) is 0. The van der Waals surface area contributed by atoms with E-state index < -0.39 is 12.7 Å². The van der Waals surface area contributed by atoms with Crippen molar-refractivity contribution in [3.05, 3.63) is 0 Å². The van der Waals surface area contributed by atoms with E-state index in [-0.39, 0.29) is 35.9 Å². The van der Waals surface area contributed by atoms with Crippen LogP contribution in [0.15, 0.2) is 4.99 Å². The highest BCUT2D eigenvalue weighted by Gasteiger charge is 2.34. The van der Waals surface area contributed by atoms with Crippen LogP contribution in [0.3, 0.4) is 0 Å². The van der Waals surface area contributed by atoms with Gasteiger partial charge in [-0.15, -0.1) is 24.0 Å². The number of likely N-dealkylation sites (tertiary alicyclic amines) is 1. The maximum atomic E-state index is 12.0. The van der Waals surface area contributed by atoms with Gasteiger partial charge in [-0.05, 0) is 18.9 Å². The van der Waals surface area contributed by atoms with E-state index in [1.165, 1.54) is 4.90 Å². The molecule has 1 unspecified atom stereocenters. The molecule has 0 aliphatic carbocycles. The summed E-state index contributed by atoms with van der Waals surface area (Å²) in [6.45, 7) is 0.447. The van der Waals surface area contributed by atoms with Crippen molar-refractivity contribution in [2.24, 2.45) is 22.4 Å². The highest BCUT2D eigenvalue weighted by Crippen LogP contribution is 2.22. The third-order valence-electron chi connectivity index (χ3n) is 2.30. The SMILES string of the molecule is I.NC(N)=NCC1CCN(CC(F)(F)F)C1. The zero-order chi connectivity index (χ0) is 11.5. The van der Waals surface area contributed by atoms with Gasteiger partial charge in [0.15, 0.2) is 5.96 Å². The molecule has 1 heterocycles. The highest BCUT2D eigenvalue weighted by atomic mass is 127. The molecular formula is C8H16F3IN4. The molecular weight excluding hydrogens is 336 g/mol. The second kappa shape index (κ2) is 6.48. The lowest BCUT2D eigenvalue weighted by Gasteiger charge is -2.17. The Balaban J connectivity index is 0.00000225. The van der Waals surface area contributed by atoms with Gasteiger partial charge in [0, 0.05) is 13.1 Å². The van der Waals surface area contributed by atoms with Crippen molar-refractivity contribution in [2.45, 2.75) is 12.6 Å². The summed E-state index contributed by atoms with van der Waals surface area (Å²) in [5.41, 5.74) is 10.3. The van der Waals surface area contributed by atoms with Gasteiger partial charge in [-0.2, -0.15) is 13.2 Å². The van der Waals surface area contributed by atoms with Crippen LogP contribution < -0.4 is 11.5 Å². The van der Waals surface area contributed by atoms with Crippen LogP contribution in [0.25, 0.3) is 0 Å². The molecule has 0 amide bonds. The molecule has 0 spiro atoms. The Kier molecular flexibility index (Phi) is 6.38. The Morgan fingerprint density at radius 2 is 2.00 bits per heavy atom. The predicted molar refractivity (Wildman–Crippen MR) is 66.7 cm³/mol. The quantitative estimate of drug-likeness (QED) is 0.448. The Hall–Kier alpha value is -0.250. The molecule has 1 atom stereocenters. The van der Waals surface area contributed by atoms with Gasteiger partial charge in [-0.25, -0.2) is 0 Å². The summed E-state index contributed by atoms with van der Waals surface area (Å²) in [4.78, 5) is 5.18. The fourth-order valence-electron chi connectivity index (χ4n) is 1.69. The van der Waals surface area contributed by atoms with E-state index in [4.69, 9.17) is 11.5 Å². The normalized spacial score (nSPS) is 21.6. The van der Waals surface area contributed by atoms with Gasteiger partial charge >= 0.3 is 6.18 Å². The predicted octanol–water partition coefficient (Wildman–Crippen LogP) is 0.762. The molecule has 1 aliphatic heterocycles. The molecule has 4 nitrogen and oxygen atoms in total. The first kappa shape index (κ1) is 15.8. The van der Waals surface area contributed by atoms with Crippen LogP contribution in [0.1, 0.15) is 6.42 Å². The van der Waals surface area contributed by atoms with Crippen LogP contribution in [0.4, 0.5) is 13.2 Å². The summed E-state index contributed by atoms with van der Waals surface area (Å²) in [5, 5.41) is 0. The summed E-state index contributed by atoms with van der Waals surface area (Å²) < 4.78 is 36.1. The summed E-state index contributed by atoms with van der Waals surface area (Å²) in [7, 11) is 0. The van der Waals surface area contributed by atoms with E-state index in [0.29, 0.717) is 26.1 Å². The molecule has 16 heavy (non-hydrogen) atoms. The van der Waals surface area contributed by atoms with Crippen molar-refractivity contribution >= 4 is 29.9 Å². The summed E-state index contributed by atoms with van der Waals surface area (Å²) in [6.07, 6.45) is -3.40. The number of alkyl halides is 3. The van der Waals surface area contributed by atoms with E-state index in [2.05, 4.69) is 4.99 Å². The molecule has 1 saturated heterocycles. The highest BCUT2D eigenvalue weighted by molar-refractivity contribution is 14.0. The van der Waals surface area contributed by atoms with Gasteiger partial charge < -0.3 is 11.5 Å². The van der Waals surface area contributed by atoms with Gasteiger partial charge in [0.05, 0.1) is 6.54 Å². The summed E-state index contributed by atoms with van der Waals surface area (Å²) in [5.74, 6) is 0.124. The number of hydrogen-bond acceptors (Lipinski definition) is 2. The van der Waals surface area contributed by atoms with Gasteiger partial charge in [0.2, 0.25) is 0 Å². The number of aliphatic imine (C=N–C) groups is 1. The Morgan fingerprint density at radius 3 is 2.50 bits per heavy atom. The Bertz CT molecular complexity index is 240. The minimum absolute atomic E-state index is 0. The van der Waals surface area contributed by atoms with Crippen molar-refractivity contribution in [1.82, 2.24) is 4.90 Å². The smallest absolute Gasteiger partial charge is 0.370 e. The van der Waals surface area contributed by atoms with E-state index in [1.807, 2.05) is 0 Å². The third-order valence-corrected chi connectivity index (χ3v) is 2.30. The Labute approximate surface area is 109 Å². The van der Waals surface area contributed by atoms with E-state index >= 15 is 0 Å². The van der Waals surface area contributed by atoms with Gasteiger partial charge in [0.25, 0.3) is 0 Å². The van der Waals surface area contributed by atoms with Gasteiger partial charge in [0.1, 0.15) is 0 Å². The van der Waals surface area contributed by atoms with Gasteiger partial charge in [-0.3, -0.25) is 9.89 Å². The van der Waals surface area contributed by atoms with Crippen molar-refractivity contribution in [2.75, 3.05) is 26.2 Å². The molecule has 1 aliphatic rings. The zero-order valence-electron chi connectivity index (χ0n) is 8.70. The van der Waals surface area contributed by atoms with Crippen LogP contribution >= 0.6 is 24.0 Å². The van der Waals surface area contributed by atoms with Crippen LogP contribution in [0.2, 0.25) is 0 Å². The number of hydrogen-bond donors (Lipinski definition) is 2. The first-order valence-electron chi connectivity index (χ1n) is 4.71. The molecule has 0 aromatic rings. The maximum absolute atomic E-state index is 12.0. The molecule has 0 aromatic heterocycles. The second-order valence-electron chi connectivity index (χ2n) is 3.77. The molecule has 0 saturated carbocycles. The topological polar surface area (TPSA) is 67.6 Å². The monoisotopic (exact) mass is 352 g/mol. The van der Waals surface area contributed by atoms with Crippen molar-refractivity contribution in [1.29, 1.82) is 0 Å². The average Bonchev–Trinajstić information content (AvgIpc) is 2.45. The number of nitrogens with two attached hydrogens (primary N) is 2. The Morgan fingerprint density at radius 1 is 1.38 bits per heavy atom. The van der Waals surface area contributed by atoms with Crippen LogP contribution in [-0.2, 0) is 0 Å². The number of nitrogens with zero attached hydrogens (tertiary/aromatic N) is 2. The zero-order valence-corrected chi connectivity index (χ0v) is 11.0. The molecule has 1 rings (SSSR count). The minimum atomic E-state index is -4.12. The van der Waals surface area contributed by atoms with Crippen molar-refractivity contribution in [3.8, 4) is 0 Å². The lowest BCUT2D eigenvalue weighted by Crippen LogP contribution is -2.32. The lowest BCUT2D eigenvalue weighted by atomic mass is 10.1. The molecule has 96 valence electrons. The van der Waals surface area contributed by atoms with Crippen LogP contribution in [0, 0.1) is 5.92 Å². The third kappa shape index (κ3) is 6.36. The van der Waals surface area contributed by atoms with Crippen molar-refractivity contribution in [3.63, 3.8) is 0 Å². The number of rotatable bonds is 3. The molecule has 0 radical (unpaired) electrons. The fourth-order valence-corrected chi connectivity index (χ4v) is 1.69. The van der Waals surface area contributed by atoms with Gasteiger partial charge in [-0.1, -0.05) is 0 Å². The molecule has 8 heteroatoms. The number of halogens is 4. The first-order chi connectivity index (χ1) is 6.87. The average molecular weight is 352 g/mol. The summed E-state index contributed by atoms with van der Waals surface area (Å²) >= 11 is 0. The van der Waals surface area contributed by atoms with Crippen molar-refractivity contribution < 1.29 is 13.2 Å². The molecule has 4 N–H and O–H groups in total. The van der Waals surface area contributed by atoms with E-state index in [9.17, 15) is 13.2 Å². The van der Waals surface area contributed by atoms with E-state index in [0.717, 1.165) is 0 Å². The maximum Gasteiger partial charge on any atom is 0.401 e. The van der Waals surface area contributed by atoms with Crippen LogP contribution in [-0.4, -0.2) is 43.2 Å². The van der Waals surface area contributed by atoms with E-state index in [1.54, 1.807) is 0 Å². The molecule has 1 fully saturated rings. The lowest BCUT2D eigenvalue weighted by molar-refractivity contribution is -0.143. The standard InChI is InChI=1S/C8H15F3N4.HI/c9-8(10,11)5-15-2-1-6(4-15)3-14-7(12)13;/h6H,1-5H2,(H4,12,13,14);1H. The fraction of sp³-hybridized carbons (Fsp3) is 0.875. The number of guanidine groups is 1. The minimum Gasteiger partial charge on any atom is -0.370 e. The largest absolute Gasteiger partial charge is 0.401 e.